The Bertz CT molecular complexity index is 420. The maximum absolute atomic E-state index is 5.58. The lowest BCUT2D eigenvalue weighted by Crippen LogP contribution is -2.14. The van der Waals surface area contributed by atoms with Gasteiger partial charge in [0.1, 0.15) is 6.33 Å². The zero-order chi connectivity index (χ0) is 9.26. The third-order valence-electron chi connectivity index (χ3n) is 1.64. The monoisotopic (exact) mass is 179 g/mol. The Labute approximate surface area is 74.0 Å². The summed E-state index contributed by atoms with van der Waals surface area (Å²) in [6.07, 6.45) is 1.40. The Morgan fingerprint density at radius 1 is 1.54 bits per heavy atom. The highest BCUT2D eigenvalue weighted by Crippen LogP contribution is 2.11. The van der Waals surface area contributed by atoms with Crippen LogP contribution in [0.15, 0.2) is 6.33 Å². The number of nitrogens with zero attached hydrogens (tertiary/aromatic N) is 5. The molecule has 0 unspecified atom stereocenters. The third kappa shape index (κ3) is 1.18. The molecule has 0 saturated heterocycles. The minimum Gasteiger partial charge on any atom is -0.382 e. The van der Waals surface area contributed by atoms with Gasteiger partial charge in [0, 0.05) is 0 Å². The molecule has 2 heterocycles. The van der Waals surface area contributed by atoms with Crippen molar-refractivity contribution in [3.63, 3.8) is 0 Å². The van der Waals surface area contributed by atoms with Gasteiger partial charge in [-0.1, -0.05) is 5.21 Å². The van der Waals surface area contributed by atoms with E-state index in [4.69, 9.17) is 5.73 Å². The molecule has 3 N–H and O–H groups in total. The number of fused-ring (bicyclic) bond motifs is 1. The van der Waals surface area contributed by atoms with Crippen LogP contribution in [-0.4, -0.2) is 32.0 Å². The Morgan fingerprint density at radius 3 is 3.15 bits per heavy atom. The van der Waals surface area contributed by atoms with E-state index in [2.05, 4.69) is 25.6 Å². The van der Waals surface area contributed by atoms with E-state index < -0.39 is 0 Å². The van der Waals surface area contributed by atoms with Gasteiger partial charge in [0.15, 0.2) is 17.0 Å². The van der Waals surface area contributed by atoms with E-state index in [1.54, 1.807) is 4.68 Å². The lowest BCUT2D eigenvalue weighted by molar-refractivity contribution is 0.548. The van der Waals surface area contributed by atoms with E-state index in [0.29, 0.717) is 23.7 Å². The molecule has 0 atom stereocenters. The lowest BCUT2D eigenvalue weighted by Gasteiger charge is -1.98. The summed E-state index contributed by atoms with van der Waals surface area (Å²) < 4.78 is 1.62. The first-order valence-corrected chi connectivity index (χ1v) is 3.77. The first-order chi connectivity index (χ1) is 6.33. The van der Waals surface area contributed by atoms with Gasteiger partial charge in [-0.05, 0) is 7.05 Å². The minimum absolute atomic E-state index is 0.354. The van der Waals surface area contributed by atoms with E-state index in [9.17, 15) is 0 Å². The molecule has 7 heteroatoms. The van der Waals surface area contributed by atoms with E-state index >= 15 is 0 Å². The van der Waals surface area contributed by atoms with Gasteiger partial charge in [-0.25, -0.2) is 14.6 Å². The number of hydrogen-bond acceptors (Lipinski definition) is 6. The van der Waals surface area contributed by atoms with Crippen molar-refractivity contribution < 1.29 is 0 Å². The predicted octanol–water partition coefficient (Wildman–Crippen LogP) is -1.02. The van der Waals surface area contributed by atoms with Gasteiger partial charge in [-0.2, -0.15) is 0 Å². The average Bonchev–Trinajstić information content (AvgIpc) is 2.51. The van der Waals surface area contributed by atoms with Crippen molar-refractivity contribution in [3.8, 4) is 0 Å². The second-order valence-corrected chi connectivity index (χ2v) is 2.53. The molecule has 0 aromatic carbocycles. The molecule has 2 aromatic heterocycles. The minimum atomic E-state index is 0.354. The standard InChI is InChI=1S/C6H9N7/c1-8-3-13-6-4(11-12-13)5(7)9-2-10-6/h2,8H,3H2,1H3,(H2,7,9,10). The number of rotatable bonds is 2. The first-order valence-electron chi connectivity index (χ1n) is 3.77. The van der Waals surface area contributed by atoms with Crippen LogP contribution in [0.25, 0.3) is 11.2 Å². The molecule has 0 bridgehead atoms. The molecule has 0 fully saturated rings. The number of nitrogens with one attached hydrogen (secondary N) is 1. The fraction of sp³-hybridized carbons (Fsp3) is 0.333. The molecular formula is C6H9N7. The van der Waals surface area contributed by atoms with E-state index in [1.807, 2.05) is 7.05 Å². The molecule has 0 aliphatic carbocycles. The predicted molar refractivity (Wildman–Crippen MR) is 46.6 cm³/mol. The lowest BCUT2D eigenvalue weighted by atomic mass is 10.5. The van der Waals surface area contributed by atoms with Gasteiger partial charge < -0.3 is 11.1 Å². The van der Waals surface area contributed by atoms with Crippen LogP contribution in [0, 0.1) is 0 Å². The molecular weight excluding hydrogens is 170 g/mol. The molecule has 13 heavy (non-hydrogen) atoms. The van der Waals surface area contributed by atoms with Crippen LogP contribution in [0.4, 0.5) is 5.82 Å². The fourth-order valence-corrected chi connectivity index (χ4v) is 1.06. The van der Waals surface area contributed by atoms with Gasteiger partial charge in [0.25, 0.3) is 0 Å². The van der Waals surface area contributed by atoms with E-state index in [-0.39, 0.29) is 0 Å². The van der Waals surface area contributed by atoms with Crippen molar-refractivity contribution in [3.05, 3.63) is 6.33 Å². The van der Waals surface area contributed by atoms with Gasteiger partial charge in [-0.15, -0.1) is 5.10 Å². The van der Waals surface area contributed by atoms with Crippen LogP contribution in [0.3, 0.4) is 0 Å². The van der Waals surface area contributed by atoms with Crippen LogP contribution >= 0.6 is 0 Å². The maximum Gasteiger partial charge on any atom is 0.185 e. The molecule has 0 aliphatic heterocycles. The third-order valence-corrected chi connectivity index (χ3v) is 1.64. The number of anilines is 1. The largest absolute Gasteiger partial charge is 0.382 e. The highest BCUT2D eigenvalue weighted by atomic mass is 15.5. The molecule has 7 nitrogen and oxygen atoms in total. The van der Waals surface area contributed by atoms with Crippen molar-refractivity contribution in [2.24, 2.45) is 0 Å². The van der Waals surface area contributed by atoms with Crippen LogP contribution in [-0.2, 0) is 6.67 Å². The molecule has 68 valence electrons. The summed E-state index contributed by atoms with van der Waals surface area (Å²) in [5, 5.41) is 10.7. The van der Waals surface area contributed by atoms with Gasteiger partial charge in [0.2, 0.25) is 0 Å². The summed E-state index contributed by atoms with van der Waals surface area (Å²) in [7, 11) is 1.82. The van der Waals surface area contributed by atoms with Crippen molar-refractivity contribution in [2.45, 2.75) is 6.67 Å². The second-order valence-electron chi connectivity index (χ2n) is 2.53. The van der Waals surface area contributed by atoms with Crippen molar-refractivity contribution in [1.29, 1.82) is 0 Å². The molecule has 2 aromatic rings. The Kier molecular flexibility index (Phi) is 1.78. The molecule has 0 radical (unpaired) electrons. The molecule has 2 rings (SSSR count). The fourth-order valence-electron chi connectivity index (χ4n) is 1.06. The molecule has 0 aliphatic rings. The topological polar surface area (TPSA) is 94.5 Å². The van der Waals surface area contributed by atoms with E-state index in [1.165, 1.54) is 6.33 Å². The van der Waals surface area contributed by atoms with Crippen LogP contribution in [0.1, 0.15) is 0 Å². The number of nitrogen functional groups attached to an aromatic ring is 1. The van der Waals surface area contributed by atoms with Gasteiger partial charge in [0.05, 0.1) is 6.67 Å². The summed E-state index contributed by atoms with van der Waals surface area (Å²) in [6, 6.07) is 0. The number of aromatic nitrogens is 5. The zero-order valence-electron chi connectivity index (χ0n) is 7.10. The quantitative estimate of drug-likeness (QED) is 0.612. The zero-order valence-corrected chi connectivity index (χ0v) is 7.10. The molecule has 0 spiro atoms. The summed E-state index contributed by atoms with van der Waals surface area (Å²) in [4.78, 5) is 7.84. The van der Waals surface area contributed by atoms with Crippen LogP contribution in [0.5, 0.6) is 0 Å². The Morgan fingerprint density at radius 2 is 2.38 bits per heavy atom. The highest BCUT2D eigenvalue weighted by molar-refractivity contribution is 5.80. The van der Waals surface area contributed by atoms with Crippen molar-refractivity contribution >= 4 is 17.0 Å². The summed E-state index contributed by atoms with van der Waals surface area (Å²) >= 11 is 0. The number of hydrogen-bond donors (Lipinski definition) is 2. The normalized spacial score (nSPS) is 10.8. The Hall–Kier alpha value is -1.76. The highest BCUT2D eigenvalue weighted by Gasteiger charge is 2.07. The van der Waals surface area contributed by atoms with Gasteiger partial charge in [-0.3, -0.25) is 0 Å². The number of nitrogens with two attached hydrogens (primary N) is 1. The SMILES string of the molecule is CNCn1nnc2c(N)ncnc21. The smallest absolute Gasteiger partial charge is 0.185 e. The van der Waals surface area contributed by atoms with Crippen molar-refractivity contribution in [2.75, 3.05) is 12.8 Å². The second kappa shape index (κ2) is 2.94. The molecule has 0 amide bonds. The van der Waals surface area contributed by atoms with Crippen LogP contribution in [0.2, 0.25) is 0 Å². The Balaban J connectivity index is 2.61. The van der Waals surface area contributed by atoms with E-state index in [0.717, 1.165) is 0 Å². The summed E-state index contributed by atoms with van der Waals surface area (Å²) in [5.41, 5.74) is 6.76. The summed E-state index contributed by atoms with van der Waals surface area (Å²) in [6.45, 7) is 0.549. The van der Waals surface area contributed by atoms with Gasteiger partial charge >= 0.3 is 0 Å². The van der Waals surface area contributed by atoms with Crippen LogP contribution < -0.4 is 11.1 Å². The summed E-state index contributed by atoms with van der Waals surface area (Å²) in [5.74, 6) is 0.354. The first kappa shape index (κ1) is 7.87. The average molecular weight is 179 g/mol. The maximum atomic E-state index is 5.58. The van der Waals surface area contributed by atoms with Crippen molar-refractivity contribution in [1.82, 2.24) is 30.3 Å². The molecule has 0 saturated carbocycles.